The summed E-state index contributed by atoms with van der Waals surface area (Å²) in [6.07, 6.45) is 10.2. The van der Waals surface area contributed by atoms with E-state index in [4.69, 9.17) is 4.74 Å². The van der Waals surface area contributed by atoms with Crippen molar-refractivity contribution in [1.29, 1.82) is 0 Å². The van der Waals surface area contributed by atoms with E-state index in [0.29, 0.717) is 13.0 Å². The zero-order chi connectivity index (χ0) is 15.5. The van der Waals surface area contributed by atoms with Crippen molar-refractivity contribution >= 4 is 17.7 Å². The first-order chi connectivity index (χ1) is 10.1. The number of carbonyl (C=O) groups excluding carboxylic acids is 3. The SMILES string of the molecule is CCCCCCC=CCC(=O)CC(=O)NC1CCOC1=O. The number of carbonyl (C=O) groups is 3. The first kappa shape index (κ1) is 17.4. The maximum Gasteiger partial charge on any atom is 0.328 e. The van der Waals surface area contributed by atoms with Gasteiger partial charge in [-0.05, 0) is 12.8 Å². The third-order valence-corrected chi connectivity index (χ3v) is 3.36. The Morgan fingerprint density at radius 3 is 2.76 bits per heavy atom. The number of ketones is 1. The average Bonchev–Trinajstić information content (AvgIpc) is 2.83. The predicted octanol–water partition coefficient (Wildman–Crippen LogP) is 2.29. The largest absolute Gasteiger partial charge is 0.464 e. The molecule has 1 N–H and O–H groups in total. The van der Waals surface area contributed by atoms with E-state index in [2.05, 4.69) is 12.2 Å². The van der Waals surface area contributed by atoms with Gasteiger partial charge in [0.1, 0.15) is 11.8 Å². The molecule has 21 heavy (non-hydrogen) atoms. The van der Waals surface area contributed by atoms with Gasteiger partial charge in [-0.15, -0.1) is 0 Å². The maximum atomic E-state index is 11.6. The summed E-state index contributed by atoms with van der Waals surface area (Å²) >= 11 is 0. The highest BCUT2D eigenvalue weighted by atomic mass is 16.5. The van der Waals surface area contributed by atoms with Crippen LogP contribution in [0.1, 0.15) is 58.3 Å². The number of cyclic esters (lactones) is 1. The van der Waals surface area contributed by atoms with Crippen molar-refractivity contribution in [1.82, 2.24) is 5.32 Å². The van der Waals surface area contributed by atoms with Crippen LogP contribution < -0.4 is 5.32 Å². The normalized spacial score (nSPS) is 18.0. The number of unbranched alkanes of at least 4 members (excludes halogenated alkanes) is 4. The lowest BCUT2D eigenvalue weighted by molar-refractivity contribution is -0.141. The van der Waals surface area contributed by atoms with Gasteiger partial charge in [0.05, 0.1) is 13.0 Å². The molecule has 1 saturated heterocycles. The fourth-order valence-electron chi connectivity index (χ4n) is 2.15. The third-order valence-electron chi connectivity index (χ3n) is 3.36. The van der Waals surface area contributed by atoms with Crippen molar-refractivity contribution in [2.24, 2.45) is 0 Å². The van der Waals surface area contributed by atoms with Crippen LogP contribution in [0.5, 0.6) is 0 Å². The zero-order valence-corrected chi connectivity index (χ0v) is 12.7. The molecule has 1 aliphatic heterocycles. The Morgan fingerprint density at radius 2 is 2.10 bits per heavy atom. The Hall–Kier alpha value is -1.65. The van der Waals surface area contributed by atoms with Crippen LogP contribution in [-0.2, 0) is 19.1 Å². The molecule has 1 amide bonds. The Balaban J connectivity index is 2.10. The average molecular weight is 295 g/mol. The van der Waals surface area contributed by atoms with Gasteiger partial charge < -0.3 is 10.1 Å². The zero-order valence-electron chi connectivity index (χ0n) is 12.7. The quantitative estimate of drug-likeness (QED) is 0.290. The van der Waals surface area contributed by atoms with E-state index in [-0.39, 0.29) is 18.6 Å². The molecular weight excluding hydrogens is 270 g/mol. The van der Waals surface area contributed by atoms with E-state index < -0.39 is 17.9 Å². The minimum atomic E-state index is -0.584. The van der Waals surface area contributed by atoms with Gasteiger partial charge in [-0.3, -0.25) is 9.59 Å². The summed E-state index contributed by atoms with van der Waals surface area (Å²) in [5, 5.41) is 2.53. The number of hydrogen-bond donors (Lipinski definition) is 1. The van der Waals surface area contributed by atoms with Crippen LogP contribution in [0.2, 0.25) is 0 Å². The first-order valence-electron chi connectivity index (χ1n) is 7.76. The van der Waals surface area contributed by atoms with Crippen LogP contribution >= 0.6 is 0 Å². The lowest BCUT2D eigenvalue weighted by Crippen LogP contribution is -2.38. The Labute approximate surface area is 126 Å². The summed E-state index contributed by atoms with van der Waals surface area (Å²) in [6.45, 7) is 2.50. The Kier molecular flexibility index (Phi) is 8.40. The molecule has 5 nitrogen and oxygen atoms in total. The number of allylic oxidation sites excluding steroid dienone is 2. The first-order valence-corrected chi connectivity index (χ1v) is 7.76. The van der Waals surface area contributed by atoms with Crippen LogP contribution in [0.25, 0.3) is 0 Å². The highest BCUT2D eigenvalue weighted by Gasteiger charge is 2.28. The fraction of sp³-hybridized carbons (Fsp3) is 0.688. The molecular formula is C16H25NO4. The molecule has 0 radical (unpaired) electrons. The van der Waals surface area contributed by atoms with Gasteiger partial charge in [0.15, 0.2) is 0 Å². The molecule has 118 valence electrons. The van der Waals surface area contributed by atoms with E-state index in [9.17, 15) is 14.4 Å². The van der Waals surface area contributed by atoms with Crippen LogP contribution in [0.15, 0.2) is 12.2 Å². The lowest BCUT2D eigenvalue weighted by atomic mass is 10.1. The maximum absolute atomic E-state index is 11.6. The van der Waals surface area contributed by atoms with Crippen LogP contribution in [-0.4, -0.2) is 30.3 Å². The second kappa shape index (κ2) is 10.1. The Bertz CT molecular complexity index is 390. The molecule has 1 unspecified atom stereocenters. The molecule has 5 heteroatoms. The summed E-state index contributed by atoms with van der Waals surface area (Å²) in [5.41, 5.74) is 0. The van der Waals surface area contributed by atoms with Crippen molar-refractivity contribution in [3.63, 3.8) is 0 Å². The molecule has 0 aromatic carbocycles. The molecule has 1 rings (SSSR count). The van der Waals surface area contributed by atoms with Crippen LogP contribution in [0.4, 0.5) is 0 Å². The molecule has 0 aromatic heterocycles. The summed E-state index contributed by atoms with van der Waals surface area (Å²) in [5.74, 6) is -0.952. The summed E-state index contributed by atoms with van der Waals surface area (Å²) in [4.78, 5) is 34.4. The number of hydrogen-bond acceptors (Lipinski definition) is 4. The van der Waals surface area contributed by atoms with Gasteiger partial charge in [0.2, 0.25) is 5.91 Å². The molecule has 1 fully saturated rings. The number of ether oxygens (including phenoxy) is 1. The number of esters is 1. The summed E-state index contributed by atoms with van der Waals surface area (Å²) < 4.78 is 4.74. The number of nitrogens with one attached hydrogen (secondary N) is 1. The fourth-order valence-corrected chi connectivity index (χ4v) is 2.15. The van der Waals surface area contributed by atoms with Gasteiger partial charge in [-0.25, -0.2) is 4.79 Å². The van der Waals surface area contributed by atoms with Crippen molar-refractivity contribution in [3.8, 4) is 0 Å². The van der Waals surface area contributed by atoms with E-state index in [1.165, 1.54) is 19.3 Å². The van der Waals surface area contributed by atoms with E-state index in [1.807, 2.05) is 12.2 Å². The third kappa shape index (κ3) is 7.63. The topological polar surface area (TPSA) is 72.5 Å². The smallest absolute Gasteiger partial charge is 0.328 e. The molecule has 0 bridgehead atoms. The second-order valence-electron chi connectivity index (χ2n) is 5.32. The standard InChI is InChI=1S/C16H25NO4/c1-2-3-4-5-6-7-8-9-13(18)12-15(19)17-14-10-11-21-16(14)20/h7-8,14H,2-6,9-12H2,1H3,(H,17,19). The van der Waals surface area contributed by atoms with Gasteiger partial charge >= 0.3 is 5.97 Å². The van der Waals surface area contributed by atoms with Gasteiger partial charge in [-0.2, -0.15) is 0 Å². The molecule has 0 aromatic rings. The number of rotatable bonds is 10. The monoisotopic (exact) mass is 295 g/mol. The van der Waals surface area contributed by atoms with Gasteiger partial charge in [0.25, 0.3) is 0 Å². The molecule has 0 saturated carbocycles. The summed E-state index contributed by atoms with van der Waals surface area (Å²) in [6, 6.07) is -0.584. The van der Waals surface area contributed by atoms with Crippen molar-refractivity contribution < 1.29 is 19.1 Å². The highest BCUT2D eigenvalue weighted by molar-refractivity contribution is 5.99. The minimum Gasteiger partial charge on any atom is -0.464 e. The van der Waals surface area contributed by atoms with Crippen molar-refractivity contribution in [3.05, 3.63) is 12.2 Å². The molecule has 0 aliphatic carbocycles. The van der Waals surface area contributed by atoms with Crippen LogP contribution in [0, 0.1) is 0 Å². The van der Waals surface area contributed by atoms with E-state index in [0.717, 1.165) is 12.8 Å². The summed E-state index contributed by atoms with van der Waals surface area (Å²) in [7, 11) is 0. The van der Waals surface area contributed by atoms with Gasteiger partial charge in [0, 0.05) is 12.8 Å². The minimum absolute atomic E-state index is 0.135. The molecule has 1 atom stereocenters. The highest BCUT2D eigenvalue weighted by Crippen LogP contribution is 2.06. The Morgan fingerprint density at radius 1 is 1.29 bits per heavy atom. The van der Waals surface area contributed by atoms with Crippen molar-refractivity contribution in [2.75, 3.05) is 6.61 Å². The van der Waals surface area contributed by atoms with Crippen molar-refractivity contribution in [2.45, 2.75) is 64.3 Å². The predicted molar refractivity (Wildman–Crippen MR) is 79.6 cm³/mol. The molecule has 1 heterocycles. The van der Waals surface area contributed by atoms with E-state index in [1.54, 1.807) is 0 Å². The molecule has 1 aliphatic rings. The van der Waals surface area contributed by atoms with Crippen LogP contribution in [0.3, 0.4) is 0 Å². The van der Waals surface area contributed by atoms with E-state index >= 15 is 0 Å². The molecule has 0 spiro atoms. The lowest BCUT2D eigenvalue weighted by Gasteiger charge is -2.07. The number of amides is 1. The number of Topliss-reactive ketones (excluding diaryl/α,β-unsaturated/α-hetero) is 1. The van der Waals surface area contributed by atoms with Gasteiger partial charge in [-0.1, -0.05) is 38.3 Å². The second-order valence-corrected chi connectivity index (χ2v) is 5.32.